The van der Waals surface area contributed by atoms with Crippen LogP contribution < -0.4 is 5.73 Å². The molecule has 0 fully saturated rings. The fourth-order valence-electron chi connectivity index (χ4n) is 1.76. The van der Waals surface area contributed by atoms with Crippen LogP contribution in [-0.2, 0) is 11.8 Å². The average molecular weight is 353 g/mol. The highest BCUT2D eigenvalue weighted by atomic mass is 79.9. The number of carbonyl (C=O) groups excluding carboxylic acids is 1. The summed E-state index contributed by atoms with van der Waals surface area (Å²) >= 11 is 4.86. The predicted octanol–water partition coefficient (Wildman–Crippen LogP) is 4.21. The van der Waals surface area contributed by atoms with Crippen LogP contribution in [0.25, 0.3) is 0 Å². The van der Waals surface area contributed by atoms with Gasteiger partial charge < -0.3 is 5.73 Å². The number of ketones is 1. The second-order valence-electron chi connectivity index (χ2n) is 5.71. The highest BCUT2D eigenvalue weighted by Crippen LogP contribution is 2.25. The Bertz CT molecular complexity index is 644. The van der Waals surface area contributed by atoms with Crippen LogP contribution in [0.15, 0.2) is 28.1 Å². The van der Waals surface area contributed by atoms with E-state index in [4.69, 9.17) is 5.73 Å². The largest absolute Gasteiger partial charge is 0.398 e. The molecule has 5 heteroatoms. The molecule has 3 nitrogen and oxygen atoms in total. The van der Waals surface area contributed by atoms with Gasteiger partial charge in [-0.15, -0.1) is 11.3 Å². The molecule has 0 amide bonds. The Balaban J connectivity index is 2.17. The van der Waals surface area contributed by atoms with Gasteiger partial charge in [-0.2, -0.15) is 0 Å². The predicted molar refractivity (Wildman–Crippen MR) is 87.4 cm³/mol. The Morgan fingerprint density at radius 1 is 1.40 bits per heavy atom. The topological polar surface area (TPSA) is 56.0 Å². The maximum absolute atomic E-state index is 12.3. The summed E-state index contributed by atoms with van der Waals surface area (Å²) in [6, 6.07) is 5.32. The summed E-state index contributed by atoms with van der Waals surface area (Å²) in [6.07, 6.45) is 0.298. The molecule has 0 spiro atoms. The molecule has 0 radical (unpaired) electrons. The van der Waals surface area contributed by atoms with Crippen LogP contribution >= 0.6 is 27.3 Å². The molecule has 1 aromatic heterocycles. The Morgan fingerprint density at radius 2 is 2.10 bits per heavy atom. The maximum atomic E-state index is 12.3. The fraction of sp³-hybridized carbons (Fsp3) is 0.333. The summed E-state index contributed by atoms with van der Waals surface area (Å²) in [5.74, 6) is 0.00445. The summed E-state index contributed by atoms with van der Waals surface area (Å²) < 4.78 is 0.871. The van der Waals surface area contributed by atoms with Crippen molar-refractivity contribution in [1.29, 1.82) is 0 Å². The van der Waals surface area contributed by atoms with Crippen LogP contribution in [0.2, 0.25) is 0 Å². The van der Waals surface area contributed by atoms with Crippen molar-refractivity contribution in [3.63, 3.8) is 0 Å². The van der Waals surface area contributed by atoms with E-state index < -0.39 is 0 Å². The number of nitrogens with zero attached hydrogens (tertiary/aromatic N) is 1. The van der Waals surface area contributed by atoms with E-state index in [-0.39, 0.29) is 11.2 Å². The van der Waals surface area contributed by atoms with Crippen LogP contribution in [0.4, 0.5) is 5.69 Å². The molecule has 106 valence electrons. The third kappa shape index (κ3) is 3.46. The first kappa shape index (κ1) is 15.2. The number of rotatable bonds is 3. The van der Waals surface area contributed by atoms with Crippen molar-refractivity contribution in [2.45, 2.75) is 32.6 Å². The second-order valence-corrected chi connectivity index (χ2v) is 7.57. The number of thiazole rings is 1. The summed E-state index contributed by atoms with van der Waals surface area (Å²) in [4.78, 5) is 16.8. The number of nitrogen functional groups attached to an aromatic ring is 1. The van der Waals surface area contributed by atoms with Gasteiger partial charge >= 0.3 is 0 Å². The number of anilines is 1. The van der Waals surface area contributed by atoms with Gasteiger partial charge in [-0.3, -0.25) is 4.79 Å². The molecule has 0 saturated heterocycles. The highest BCUT2D eigenvalue weighted by Gasteiger charge is 2.19. The number of nitrogens with two attached hydrogens (primary N) is 1. The first-order valence-electron chi connectivity index (χ1n) is 6.30. The molecule has 0 aliphatic heterocycles. The molecule has 1 aromatic carbocycles. The molecule has 20 heavy (non-hydrogen) atoms. The molecule has 0 saturated carbocycles. The SMILES string of the molecule is CC(C)(C)c1csc(CC(=O)c2ccc(Br)cc2N)n1. The fourth-order valence-corrected chi connectivity index (χ4v) is 3.15. The summed E-state index contributed by atoms with van der Waals surface area (Å²) in [5.41, 5.74) is 7.97. The lowest BCUT2D eigenvalue weighted by Crippen LogP contribution is -2.12. The van der Waals surface area contributed by atoms with E-state index >= 15 is 0 Å². The number of hydrogen-bond acceptors (Lipinski definition) is 4. The van der Waals surface area contributed by atoms with Gasteiger partial charge in [-0.1, -0.05) is 36.7 Å². The Labute approximate surface area is 131 Å². The lowest BCUT2D eigenvalue weighted by molar-refractivity contribution is 0.0993. The molecule has 2 rings (SSSR count). The molecule has 0 unspecified atom stereocenters. The molecular weight excluding hydrogens is 336 g/mol. The van der Waals surface area contributed by atoms with Crippen LogP contribution in [-0.4, -0.2) is 10.8 Å². The number of aromatic nitrogens is 1. The number of benzene rings is 1. The monoisotopic (exact) mass is 352 g/mol. The average Bonchev–Trinajstić information content (AvgIpc) is 2.76. The van der Waals surface area contributed by atoms with Crippen molar-refractivity contribution in [3.05, 3.63) is 44.3 Å². The van der Waals surface area contributed by atoms with Crippen LogP contribution in [0.5, 0.6) is 0 Å². The van der Waals surface area contributed by atoms with Gasteiger partial charge in [0.05, 0.1) is 12.1 Å². The molecule has 0 bridgehead atoms. The van der Waals surface area contributed by atoms with E-state index in [0.717, 1.165) is 15.2 Å². The minimum absolute atomic E-state index is 0.00445. The minimum atomic E-state index is 0.00445. The Kier molecular flexibility index (Phi) is 4.30. The van der Waals surface area contributed by atoms with Crippen molar-refractivity contribution in [2.24, 2.45) is 0 Å². The highest BCUT2D eigenvalue weighted by molar-refractivity contribution is 9.10. The van der Waals surface area contributed by atoms with Crippen LogP contribution in [0, 0.1) is 0 Å². The molecule has 2 aromatic rings. The summed E-state index contributed by atoms with van der Waals surface area (Å²) in [5, 5.41) is 2.86. The maximum Gasteiger partial charge on any atom is 0.171 e. The van der Waals surface area contributed by atoms with Gasteiger partial charge in [0.25, 0.3) is 0 Å². The zero-order chi connectivity index (χ0) is 14.9. The number of Topliss-reactive ketones (excluding diaryl/α,β-unsaturated/α-hetero) is 1. The van der Waals surface area contributed by atoms with Crippen molar-refractivity contribution in [1.82, 2.24) is 4.98 Å². The molecule has 1 heterocycles. The van der Waals surface area contributed by atoms with Gasteiger partial charge in [-0.25, -0.2) is 4.98 Å². The van der Waals surface area contributed by atoms with Gasteiger partial charge in [0.1, 0.15) is 5.01 Å². The van der Waals surface area contributed by atoms with Crippen molar-refractivity contribution < 1.29 is 4.79 Å². The smallest absolute Gasteiger partial charge is 0.171 e. The second kappa shape index (κ2) is 5.66. The molecule has 0 atom stereocenters. The summed E-state index contributed by atoms with van der Waals surface area (Å²) in [7, 11) is 0. The van der Waals surface area contributed by atoms with Crippen molar-refractivity contribution in [3.8, 4) is 0 Å². The van der Waals surface area contributed by atoms with E-state index in [1.807, 2.05) is 11.4 Å². The third-order valence-electron chi connectivity index (χ3n) is 2.95. The number of halogens is 1. The van der Waals surface area contributed by atoms with Crippen LogP contribution in [0.3, 0.4) is 0 Å². The molecular formula is C15H17BrN2OS. The van der Waals surface area contributed by atoms with E-state index in [1.54, 1.807) is 12.1 Å². The first-order valence-corrected chi connectivity index (χ1v) is 7.98. The molecule has 2 N–H and O–H groups in total. The van der Waals surface area contributed by atoms with Crippen molar-refractivity contribution >= 4 is 38.7 Å². The third-order valence-corrected chi connectivity index (χ3v) is 4.29. The zero-order valence-corrected chi connectivity index (χ0v) is 14.1. The van der Waals surface area contributed by atoms with Crippen LogP contribution in [0.1, 0.15) is 41.8 Å². The van der Waals surface area contributed by atoms with Crippen molar-refractivity contribution in [2.75, 3.05) is 5.73 Å². The lowest BCUT2D eigenvalue weighted by atomic mass is 9.93. The standard InChI is InChI=1S/C15H17BrN2OS/c1-15(2,3)13-8-20-14(18-13)7-12(19)10-5-4-9(16)6-11(10)17/h4-6,8H,7,17H2,1-3H3. The van der Waals surface area contributed by atoms with Gasteiger partial charge in [-0.05, 0) is 18.2 Å². The lowest BCUT2D eigenvalue weighted by Gasteiger charge is -2.14. The first-order chi connectivity index (χ1) is 9.27. The van der Waals surface area contributed by atoms with E-state index in [1.165, 1.54) is 11.3 Å². The quantitative estimate of drug-likeness (QED) is 0.664. The molecule has 0 aliphatic rings. The van der Waals surface area contributed by atoms with E-state index in [9.17, 15) is 4.79 Å². The van der Waals surface area contributed by atoms with E-state index in [0.29, 0.717) is 17.7 Å². The molecule has 0 aliphatic carbocycles. The minimum Gasteiger partial charge on any atom is -0.398 e. The van der Waals surface area contributed by atoms with Gasteiger partial charge in [0, 0.05) is 26.5 Å². The Hall–Kier alpha value is -1.20. The summed E-state index contributed by atoms with van der Waals surface area (Å²) in [6.45, 7) is 6.33. The zero-order valence-electron chi connectivity index (χ0n) is 11.7. The van der Waals surface area contributed by atoms with Gasteiger partial charge in [0.15, 0.2) is 5.78 Å². The Morgan fingerprint density at radius 3 is 2.65 bits per heavy atom. The number of carbonyl (C=O) groups is 1. The van der Waals surface area contributed by atoms with Gasteiger partial charge in [0.2, 0.25) is 0 Å². The normalized spacial score (nSPS) is 11.6. The van der Waals surface area contributed by atoms with E-state index in [2.05, 4.69) is 41.7 Å². The number of hydrogen-bond donors (Lipinski definition) is 1.